The summed E-state index contributed by atoms with van der Waals surface area (Å²) >= 11 is 0. The van der Waals surface area contributed by atoms with Gasteiger partial charge in [0.05, 0.1) is 12.8 Å². The van der Waals surface area contributed by atoms with E-state index in [4.69, 9.17) is 9.47 Å². The summed E-state index contributed by atoms with van der Waals surface area (Å²) in [6.07, 6.45) is 0.118. The SMILES string of the molecule is CCOC(=O)NC(=O)Cn1cc(C(OCC)OCC)nn1. The van der Waals surface area contributed by atoms with Crippen LogP contribution in [0.2, 0.25) is 0 Å². The van der Waals surface area contributed by atoms with Gasteiger partial charge in [-0.15, -0.1) is 5.10 Å². The maximum absolute atomic E-state index is 11.6. The highest BCUT2D eigenvalue weighted by Crippen LogP contribution is 2.15. The van der Waals surface area contributed by atoms with Crippen molar-refractivity contribution in [2.45, 2.75) is 33.6 Å². The molecule has 0 fully saturated rings. The van der Waals surface area contributed by atoms with Crippen LogP contribution in [0.3, 0.4) is 0 Å². The average molecular weight is 300 g/mol. The topological polar surface area (TPSA) is 105 Å². The van der Waals surface area contributed by atoms with Gasteiger partial charge in [0.15, 0.2) is 0 Å². The van der Waals surface area contributed by atoms with Gasteiger partial charge in [-0.2, -0.15) is 0 Å². The number of hydrogen-bond acceptors (Lipinski definition) is 7. The molecule has 1 rings (SSSR count). The number of carbonyl (C=O) groups is 2. The number of aromatic nitrogens is 3. The first-order chi connectivity index (χ1) is 10.1. The van der Waals surface area contributed by atoms with Crippen molar-refractivity contribution >= 4 is 12.0 Å². The molecule has 1 N–H and O–H groups in total. The Morgan fingerprint density at radius 1 is 1.24 bits per heavy atom. The van der Waals surface area contributed by atoms with Crippen LogP contribution in [0.4, 0.5) is 4.79 Å². The molecule has 9 nitrogen and oxygen atoms in total. The molecular formula is C12H20N4O5. The van der Waals surface area contributed by atoms with Crippen molar-refractivity contribution in [2.24, 2.45) is 0 Å². The van der Waals surface area contributed by atoms with Crippen molar-refractivity contribution in [3.8, 4) is 0 Å². The fourth-order valence-electron chi connectivity index (χ4n) is 1.49. The fraction of sp³-hybridized carbons (Fsp3) is 0.667. The molecule has 1 aromatic heterocycles. The molecule has 0 aliphatic rings. The molecule has 0 radical (unpaired) electrons. The molecule has 0 atom stereocenters. The van der Waals surface area contributed by atoms with Gasteiger partial charge in [-0.25, -0.2) is 9.48 Å². The molecule has 1 heterocycles. The van der Waals surface area contributed by atoms with Crippen LogP contribution in [0, 0.1) is 0 Å². The third-order valence-corrected chi connectivity index (χ3v) is 2.26. The molecule has 21 heavy (non-hydrogen) atoms. The minimum absolute atomic E-state index is 0.156. The second kappa shape index (κ2) is 9.03. The highest BCUT2D eigenvalue weighted by Gasteiger charge is 2.17. The zero-order valence-corrected chi connectivity index (χ0v) is 12.4. The van der Waals surface area contributed by atoms with Gasteiger partial charge in [0.2, 0.25) is 6.29 Å². The second-order valence-electron chi connectivity index (χ2n) is 3.85. The molecule has 0 aliphatic carbocycles. The Kier molecular flexibility index (Phi) is 7.33. The number of rotatable bonds is 8. The van der Waals surface area contributed by atoms with Crippen LogP contribution in [0.5, 0.6) is 0 Å². The lowest BCUT2D eigenvalue weighted by atomic mass is 10.4. The summed E-state index contributed by atoms with van der Waals surface area (Å²) in [5, 5.41) is 9.74. The normalized spacial score (nSPS) is 10.7. The van der Waals surface area contributed by atoms with E-state index in [1.54, 1.807) is 6.92 Å². The zero-order chi connectivity index (χ0) is 15.7. The van der Waals surface area contributed by atoms with Crippen LogP contribution >= 0.6 is 0 Å². The average Bonchev–Trinajstić information content (AvgIpc) is 2.86. The predicted octanol–water partition coefficient (Wildman–Crippen LogP) is 0.622. The summed E-state index contributed by atoms with van der Waals surface area (Å²) in [4.78, 5) is 22.7. The lowest BCUT2D eigenvalue weighted by molar-refractivity contribution is -0.142. The van der Waals surface area contributed by atoms with Gasteiger partial charge in [0.1, 0.15) is 12.2 Å². The van der Waals surface area contributed by atoms with Gasteiger partial charge in [-0.05, 0) is 20.8 Å². The van der Waals surface area contributed by atoms with Crippen LogP contribution < -0.4 is 5.32 Å². The van der Waals surface area contributed by atoms with Gasteiger partial charge in [-0.3, -0.25) is 10.1 Å². The summed E-state index contributed by atoms with van der Waals surface area (Å²) in [6, 6.07) is 0. The van der Waals surface area contributed by atoms with Crippen molar-refractivity contribution < 1.29 is 23.8 Å². The lowest BCUT2D eigenvalue weighted by Gasteiger charge is -2.13. The van der Waals surface area contributed by atoms with E-state index in [9.17, 15) is 9.59 Å². The summed E-state index contributed by atoms with van der Waals surface area (Å²) in [7, 11) is 0. The Morgan fingerprint density at radius 2 is 1.90 bits per heavy atom. The third kappa shape index (κ3) is 5.88. The predicted molar refractivity (Wildman–Crippen MR) is 71.2 cm³/mol. The molecule has 0 aromatic carbocycles. The zero-order valence-electron chi connectivity index (χ0n) is 12.4. The number of ether oxygens (including phenoxy) is 3. The fourth-order valence-corrected chi connectivity index (χ4v) is 1.49. The number of alkyl carbamates (subject to hydrolysis) is 1. The number of amides is 2. The van der Waals surface area contributed by atoms with E-state index in [0.717, 1.165) is 0 Å². The van der Waals surface area contributed by atoms with Crippen LogP contribution in [0.15, 0.2) is 6.20 Å². The number of imide groups is 1. The van der Waals surface area contributed by atoms with Gasteiger partial charge in [-0.1, -0.05) is 5.21 Å². The van der Waals surface area contributed by atoms with Crippen molar-refractivity contribution in [2.75, 3.05) is 19.8 Å². The van der Waals surface area contributed by atoms with E-state index in [1.807, 2.05) is 13.8 Å². The van der Waals surface area contributed by atoms with Crippen LogP contribution in [-0.2, 0) is 25.5 Å². The largest absolute Gasteiger partial charge is 0.450 e. The highest BCUT2D eigenvalue weighted by molar-refractivity contribution is 5.91. The first-order valence-corrected chi connectivity index (χ1v) is 6.70. The molecule has 2 amide bonds. The summed E-state index contributed by atoms with van der Waals surface area (Å²) in [6.45, 7) is 6.28. The van der Waals surface area contributed by atoms with Gasteiger partial charge in [0, 0.05) is 13.2 Å². The van der Waals surface area contributed by atoms with E-state index in [2.05, 4.69) is 20.4 Å². The summed E-state index contributed by atoms with van der Waals surface area (Å²) < 4.78 is 16.6. The third-order valence-electron chi connectivity index (χ3n) is 2.26. The Balaban J connectivity index is 2.57. The number of nitrogens with one attached hydrogen (secondary N) is 1. The Bertz CT molecular complexity index is 456. The van der Waals surface area contributed by atoms with Crippen molar-refractivity contribution in [3.63, 3.8) is 0 Å². The number of hydrogen-bond donors (Lipinski definition) is 1. The van der Waals surface area contributed by atoms with Crippen molar-refractivity contribution in [3.05, 3.63) is 11.9 Å². The van der Waals surface area contributed by atoms with Crippen LogP contribution in [0.1, 0.15) is 32.8 Å². The quantitative estimate of drug-likeness (QED) is 0.702. The molecule has 0 saturated carbocycles. The van der Waals surface area contributed by atoms with Crippen LogP contribution in [0.25, 0.3) is 0 Å². The molecule has 0 bridgehead atoms. The number of nitrogens with zero attached hydrogens (tertiary/aromatic N) is 3. The number of carbonyl (C=O) groups excluding carboxylic acids is 2. The molecule has 0 spiro atoms. The molecule has 0 saturated heterocycles. The van der Waals surface area contributed by atoms with Gasteiger partial charge < -0.3 is 14.2 Å². The lowest BCUT2D eigenvalue weighted by Crippen LogP contribution is -2.33. The van der Waals surface area contributed by atoms with E-state index >= 15 is 0 Å². The molecule has 1 aromatic rings. The Morgan fingerprint density at radius 3 is 2.48 bits per heavy atom. The highest BCUT2D eigenvalue weighted by atomic mass is 16.7. The minimum Gasteiger partial charge on any atom is -0.450 e. The minimum atomic E-state index is -0.788. The first kappa shape index (κ1) is 17.1. The summed E-state index contributed by atoms with van der Waals surface area (Å²) in [5.41, 5.74) is 0.461. The van der Waals surface area contributed by atoms with Crippen molar-refractivity contribution in [1.82, 2.24) is 20.3 Å². The maximum Gasteiger partial charge on any atom is 0.413 e. The molecule has 0 unspecified atom stereocenters. The monoisotopic (exact) mass is 300 g/mol. The molecule has 9 heteroatoms. The van der Waals surface area contributed by atoms with Gasteiger partial charge in [0.25, 0.3) is 5.91 Å². The van der Waals surface area contributed by atoms with Crippen LogP contribution in [-0.4, -0.2) is 46.8 Å². The molecular weight excluding hydrogens is 280 g/mol. The Hall–Kier alpha value is -2.00. The van der Waals surface area contributed by atoms with Crippen molar-refractivity contribution in [1.29, 1.82) is 0 Å². The smallest absolute Gasteiger partial charge is 0.413 e. The maximum atomic E-state index is 11.6. The standard InChI is InChI=1S/C12H20N4O5/c1-4-19-11(20-5-2)9-7-16(15-14-9)8-10(17)13-12(18)21-6-3/h7,11H,4-6,8H2,1-3H3,(H,13,17,18). The molecule has 0 aliphatic heterocycles. The van der Waals surface area contributed by atoms with E-state index in [-0.39, 0.29) is 13.2 Å². The Labute approximate surface area is 122 Å². The summed E-state index contributed by atoms with van der Waals surface area (Å²) in [5.74, 6) is -0.547. The van der Waals surface area contributed by atoms with Gasteiger partial charge >= 0.3 is 6.09 Å². The molecule has 118 valence electrons. The van der Waals surface area contributed by atoms with E-state index < -0.39 is 18.3 Å². The van der Waals surface area contributed by atoms with E-state index in [1.165, 1.54) is 10.9 Å². The first-order valence-electron chi connectivity index (χ1n) is 6.70. The van der Waals surface area contributed by atoms with E-state index in [0.29, 0.717) is 18.9 Å². The second-order valence-corrected chi connectivity index (χ2v) is 3.85.